The number of nitrogens with one attached hydrogen (secondary N) is 1. The number of hydrogen-bond donors (Lipinski definition) is 3. The van der Waals surface area contributed by atoms with Crippen molar-refractivity contribution in [2.24, 2.45) is 69.0 Å². The Morgan fingerprint density at radius 2 is 1.77 bits per heavy atom. The Labute approximate surface area is 365 Å². The zero-order valence-electron chi connectivity index (χ0n) is 37.3. The van der Waals surface area contributed by atoms with Gasteiger partial charge in [0.15, 0.2) is 11.9 Å². The van der Waals surface area contributed by atoms with Crippen LogP contribution in [0.2, 0.25) is 0 Å². The van der Waals surface area contributed by atoms with Gasteiger partial charge < -0.3 is 38.5 Å². The number of ketones is 1. The number of rotatable bonds is 6. The minimum atomic E-state index is -1.44. The molecule has 338 valence electrons. The summed E-state index contributed by atoms with van der Waals surface area (Å²) in [7, 11) is 0. The number of ether oxygens (including phenoxy) is 4. The van der Waals surface area contributed by atoms with Gasteiger partial charge >= 0.3 is 11.9 Å². The van der Waals surface area contributed by atoms with Crippen molar-refractivity contribution in [2.75, 3.05) is 19.8 Å². The minimum Gasteiger partial charge on any atom is -0.469 e. The molecule has 5 saturated carbocycles. The summed E-state index contributed by atoms with van der Waals surface area (Å²) in [6.45, 7) is 12.5. The molecule has 6 aliphatic heterocycles. The van der Waals surface area contributed by atoms with Crippen LogP contribution in [0.1, 0.15) is 129 Å². The van der Waals surface area contributed by atoms with Crippen molar-refractivity contribution in [1.29, 1.82) is 0 Å². The van der Waals surface area contributed by atoms with E-state index in [9.17, 15) is 19.8 Å². The zero-order chi connectivity index (χ0) is 42.9. The van der Waals surface area contributed by atoms with Crippen LogP contribution < -0.4 is 5.32 Å². The molecule has 12 nitrogen and oxygen atoms in total. The van der Waals surface area contributed by atoms with E-state index in [0.717, 1.165) is 63.1 Å². The second kappa shape index (κ2) is 13.4. The maximum absolute atomic E-state index is 15.5. The van der Waals surface area contributed by atoms with Crippen LogP contribution in [0.5, 0.6) is 0 Å². The Hall–Kier alpha value is -2.77. The van der Waals surface area contributed by atoms with E-state index in [2.05, 4.69) is 43.3 Å². The predicted octanol–water partition coefficient (Wildman–Crippen LogP) is 6.03. The van der Waals surface area contributed by atoms with Crippen LogP contribution in [0.15, 0.2) is 29.0 Å². The van der Waals surface area contributed by atoms with Gasteiger partial charge in [-0.3, -0.25) is 14.9 Å². The normalized spacial score (nSPS) is 51.6. The largest absolute Gasteiger partial charge is 0.469 e. The van der Waals surface area contributed by atoms with Gasteiger partial charge in [-0.25, -0.2) is 4.79 Å². The molecule has 1 aromatic rings. The third-order valence-electron chi connectivity index (χ3n) is 20.6. The fourth-order valence-electron chi connectivity index (χ4n) is 17.8. The third kappa shape index (κ3) is 4.90. The van der Waals surface area contributed by atoms with Gasteiger partial charge in [-0.05, 0) is 125 Å². The Kier molecular flexibility index (Phi) is 8.81. The van der Waals surface area contributed by atoms with Crippen LogP contribution in [-0.4, -0.2) is 94.3 Å². The molecule has 0 bridgehead atoms. The van der Waals surface area contributed by atoms with Gasteiger partial charge in [-0.15, -0.1) is 0 Å². The number of carbonyl (C=O) groups excluding carboxylic acids is 3. The van der Waals surface area contributed by atoms with E-state index >= 15 is 4.79 Å². The molecule has 12 rings (SSSR count). The number of aliphatic hydroxyl groups is 2. The lowest BCUT2D eigenvalue weighted by atomic mass is 9.35. The summed E-state index contributed by atoms with van der Waals surface area (Å²) in [5, 5.41) is 28.2. The summed E-state index contributed by atoms with van der Waals surface area (Å²) >= 11 is 0. The molecule has 5 aliphatic carbocycles. The lowest BCUT2D eigenvalue weighted by Gasteiger charge is -2.67. The molecule has 3 N–H and O–H groups in total. The molecular formula is C50H68N2O10. The molecule has 1 aromatic heterocycles. The molecule has 18 atom stereocenters. The van der Waals surface area contributed by atoms with E-state index < -0.39 is 75.3 Å². The number of hydrogen-bond acceptors (Lipinski definition) is 12. The SMILES string of the molecule is CC(C)CCC1(C)OC2C3(CCCC3)C(=O)OCC23C1C(=O)C(O)C1(C)C3CCC2(C)C(c3ccoc3CC3C(O)CCC4CC5C(C=CN6CNCC56)CC43)OC(=O)C3OC321. The second-order valence-electron chi connectivity index (χ2n) is 23.4. The first-order chi connectivity index (χ1) is 29.6. The number of aliphatic hydroxyl groups excluding tert-OH is 2. The van der Waals surface area contributed by atoms with Gasteiger partial charge in [-0.1, -0.05) is 46.6 Å². The molecule has 10 fully saturated rings. The summed E-state index contributed by atoms with van der Waals surface area (Å²) in [4.78, 5) is 46.4. The van der Waals surface area contributed by atoms with Crippen LogP contribution in [0.4, 0.5) is 0 Å². The van der Waals surface area contributed by atoms with E-state index in [4.69, 9.17) is 23.4 Å². The Morgan fingerprint density at radius 1 is 0.968 bits per heavy atom. The van der Waals surface area contributed by atoms with Crippen LogP contribution >= 0.6 is 0 Å². The topological polar surface area (TPSA) is 160 Å². The molecule has 7 heterocycles. The number of nitrogens with zero attached hydrogens (tertiary/aromatic N) is 1. The lowest BCUT2D eigenvalue weighted by Crippen LogP contribution is -2.77. The van der Waals surface area contributed by atoms with Crippen molar-refractivity contribution >= 4 is 17.7 Å². The highest BCUT2D eigenvalue weighted by Crippen LogP contribution is 2.81. The maximum atomic E-state index is 15.5. The number of allylic oxidation sites excluding steroid dienone is 1. The molecular weight excluding hydrogens is 789 g/mol. The molecule has 12 heteroatoms. The minimum absolute atomic E-state index is 0.00187. The smallest absolute Gasteiger partial charge is 0.339 e. The standard InChI is InChI=1S/C50H68N2O10/c1-26(2)10-17-46(4)38-37(54)39(55)47(5)36(49(38)24-59-44(57)48(43(49)62-46)14-6-7-15-48)11-16-45(3)40(60-42(56)41-50(45,47)61-41)29-13-19-58-35(29)22-32-30-20-28-12-18-52-25-51-23-33(52)31(28)21-27(30)8-9-34(32)53/h12-13,18-19,26-28,30-34,36,38-41,43,51,53,55H,6-11,14-17,20-25H2,1-5H3. The van der Waals surface area contributed by atoms with Gasteiger partial charge in [0.05, 0.1) is 42.1 Å². The Morgan fingerprint density at radius 3 is 2.56 bits per heavy atom. The van der Waals surface area contributed by atoms with Crippen molar-refractivity contribution in [1.82, 2.24) is 10.2 Å². The molecule has 62 heavy (non-hydrogen) atoms. The first kappa shape index (κ1) is 40.7. The van der Waals surface area contributed by atoms with E-state index in [-0.39, 0.29) is 30.2 Å². The third-order valence-corrected chi connectivity index (χ3v) is 20.6. The van der Waals surface area contributed by atoms with Crippen molar-refractivity contribution in [2.45, 2.75) is 166 Å². The van der Waals surface area contributed by atoms with E-state index in [1.807, 2.05) is 19.9 Å². The molecule has 11 aliphatic rings. The fraction of sp³-hybridized carbons (Fsp3) is 0.820. The highest BCUT2D eigenvalue weighted by molar-refractivity contribution is 5.92. The van der Waals surface area contributed by atoms with Gasteiger partial charge in [-0.2, -0.15) is 0 Å². The summed E-state index contributed by atoms with van der Waals surface area (Å²) < 4.78 is 33.4. The number of Topliss-reactive ketones (excluding diaryl/α,β-unsaturated/α-hetero) is 1. The molecule has 0 radical (unpaired) electrons. The van der Waals surface area contributed by atoms with Crippen molar-refractivity contribution < 1.29 is 48.0 Å². The van der Waals surface area contributed by atoms with Crippen LogP contribution in [0, 0.1) is 69.0 Å². The molecule has 18 unspecified atom stereocenters. The number of furan rings is 1. The number of esters is 2. The highest BCUT2D eigenvalue weighted by atomic mass is 16.7. The van der Waals surface area contributed by atoms with E-state index in [0.29, 0.717) is 74.2 Å². The highest BCUT2D eigenvalue weighted by Gasteiger charge is 2.92. The summed E-state index contributed by atoms with van der Waals surface area (Å²) in [5.74, 6) is 1.08. The summed E-state index contributed by atoms with van der Waals surface area (Å²) in [6, 6.07) is 2.47. The number of epoxide rings is 1. The van der Waals surface area contributed by atoms with Gasteiger partial charge in [0.2, 0.25) is 0 Å². The molecule has 0 amide bonds. The van der Waals surface area contributed by atoms with Gasteiger partial charge in [0, 0.05) is 40.8 Å². The summed E-state index contributed by atoms with van der Waals surface area (Å²) in [5.41, 5.74) is -5.17. The van der Waals surface area contributed by atoms with Crippen molar-refractivity contribution in [3.05, 3.63) is 35.9 Å². The number of cyclic esters (lactones) is 2. The lowest BCUT2D eigenvalue weighted by molar-refractivity contribution is -0.264. The first-order valence-corrected chi connectivity index (χ1v) is 24.5. The molecule has 0 aromatic carbocycles. The fourth-order valence-corrected chi connectivity index (χ4v) is 17.8. The van der Waals surface area contributed by atoms with Crippen LogP contribution in [0.3, 0.4) is 0 Å². The number of carbonyl (C=O) groups is 3. The van der Waals surface area contributed by atoms with Gasteiger partial charge in [0.25, 0.3) is 0 Å². The monoisotopic (exact) mass is 856 g/mol. The Bertz CT molecular complexity index is 2080. The zero-order valence-corrected chi connectivity index (χ0v) is 37.3. The Balaban J connectivity index is 0.905. The van der Waals surface area contributed by atoms with Crippen molar-refractivity contribution in [3.63, 3.8) is 0 Å². The summed E-state index contributed by atoms with van der Waals surface area (Å²) in [6.07, 6.45) is 12.5. The van der Waals surface area contributed by atoms with Gasteiger partial charge in [0.1, 0.15) is 30.2 Å². The van der Waals surface area contributed by atoms with E-state index in [1.54, 1.807) is 6.26 Å². The average Bonchev–Trinajstić information content (AvgIpc) is 3.68. The predicted molar refractivity (Wildman–Crippen MR) is 223 cm³/mol. The first-order valence-electron chi connectivity index (χ1n) is 24.5. The van der Waals surface area contributed by atoms with Crippen LogP contribution in [-0.2, 0) is 39.8 Å². The quantitative estimate of drug-likeness (QED) is 0.226. The molecule has 5 saturated heterocycles. The average molecular weight is 857 g/mol. The number of fused-ring (bicyclic) bond motifs is 6. The van der Waals surface area contributed by atoms with Crippen LogP contribution in [0.25, 0.3) is 0 Å². The maximum Gasteiger partial charge on any atom is 0.339 e. The van der Waals surface area contributed by atoms with Crippen molar-refractivity contribution in [3.8, 4) is 0 Å². The van der Waals surface area contributed by atoms with E-state index in [1.165, 1.54) is 6.42 Å². The second-order valence-corrected chi connectivity index (χ2v) is 23.4. The molecule has 3 spiro atoms.